The van der Waals surface area contributed by atoms with Gasteiger partial charge in [-0.2, -0.15) is 0 Å². The van der Waals surface area contributed by atoms with Gasteiger partial charge >= 0.3 is 0 Å². The summed E-state index contributed by atoms with van der Waals surface area (Å²) in [4.78, 5) is 10.7. The minimum atomic E-state index is 0.504. The summed E-state index contributed by atoms with van der Waals surface area (Å²) in [6, 6.07) is 2.00. The molecule has 0 bridgehead atoms. The minimum absolute atomic E-state index is 0.504. The number of terminal acetylenes is 1. The number of aromatic nitrogens is 2. The van der Waals surface area contributed by atoms with Crippen molar-refractivity contribution in [3.63, 3.8) is 0 Å². The first kappa shape index (κ1) is 10.7. The van der Waals surface area contributed by atoms with Crippen LogP contribution >= 0.6 is 34.7 Å². The molecule has 2 rings (SSSR count). The van der Waals surface area contributed by atoms with Crippen molar-refractivity contribution in [1.82, 2.24) is 9.97 Å². The third-order valence-electron chi connectivity index (χ3n) is 1.73. The van der Waals surface area contributed by atoms with E-state index in [-0.39, 0.29) is 0 Å². The van der Waals surface area contributed by atoms with Gasteiger partial charge in [0.05, 0.1) is 5.75 Å². The number of aryl methyl sites for hydroxylation is 1. The van der Waals surface area contributed by atoms with Crippen molar-refractivity contribution in [2.24, 2.45) is 0 Å². The fraction of sp³-hybridized carbons (Fsp3) is 0.200. The second-order valence-corrected chi connectivity index (χ2v) is 5.40. The fourth-order valence-electron chi connectivity index (χ4n) is 1.16. The predicted octanol–water partition coefficient (Wildman–Crippen LogP) is 3.38. The first-order valence-electron chi connectivity index (χ1n) is 4.20. The quantitative estimate of drug-likeness (QED) is 0.356. The summed E-state index contributed by atoms with van der Waals surface area (Å²) >= 11 is 9.08. The van der Waals surface area contributed by atoms with Gasteiger partial charge in [-0.25, -0.2) is 9.97 Å². The van der Waals surface area contributed by atoms with E-state index in [9.17, 15) is 0 Å². The number of nitrogens with zero attached hydrogens (tertiary/aromatic N) is 2. The van der Waals surface area contributed by atoms with E-state index in [1.807, 2.05) is 13.0 Å². The van der Waals surface area contributed by atoms with Gasteiger partial charge in [-0.15, -0.1) is 17.8 Å². The van der Waals surface area contributed by atoms with E-state index in [0.29, 0.717) is 16.1 Å². The average molecular weight is 255 g/mol. The first-order valence-corrected chi connectivity index (χ1v) is 6.38. The molecule has 0 aliphatic carbocycles. The molecule has 0 fully saturated rings. The topological polar surface area (TPSA) is 25.8 Å². The van der Waals surface area contributed by atoms with Crippen molar-refractivity contribution in [1.29, 1.82) is 0 Å². The standard InChI is InChI=1S/C10H7ClN2S2/c1-3-4-14-10-12-8(11)7-5-6(2)15-9(7)13-10/h1,5H,4H2,2H3. The zero-order valence-corrected chi connectivity index (χ0v) is 10.3. The molecular weight excluding hydrogens is 248 g/mol. The largest absolute Gasteiger partial charge is 0.211 e. The van der Waals surface area contributed by atoms with Gasteiger partial charge in [-0.1, -0.05) is 29.3 Å². The normalized spacial score (nSPS) is 10.5. The van der Waals surface area contributed by atoms with E-state index in [1.165, 1.54) is 16.6 Å². The molecule has 15 heavy (non-hydrogen) atoms. The Balaban J connectivity index is 2.48. The van der Waals surface area contributed by atoms with Crippen LogP contribution in [0.5, 0.6) is 0 Å². The molecule has 0 saturated heterocycles. The molecule has 0 atom stereocenters. The molecule has 0 aliphatic rings. The maximum Gasteiger partial charge on any atom is 0.191 e. The van der Waals surface area contributed by atoms with Crippen LogP contribution < -0.4 is 0 Å². The molecule has 0 spiro atoms. The Hall–Kier alpha value is -0.760. The minimum Gasteiger partial charge on any atom is -0.211 e. The third-order valence-corrected chi connectivity index (χ3v) is 3.72. The van der Waals surface area contributed by atoms with Crippen LogP contribution in [0.2, 0.25) is 5.15 Å². The highest BCUT2D eigenvalue weighted by Crippen LogP contribution is 2.30. The molecule has 5 heteroatoms. The maximum atomic E-state index is 6.05. The van der Waals surface area contributed by atoms with Gasteiger partial charge in [0.2, 0.25) is 0 Å². The number of hydrogen-bond acceptors (Lipinski definition) is 4. The number of thioether (sulfide) groups is 1. The van der Waals surface area contributed by atoms with Gasteiger partial charge in [0, 0.05) is 10.3 Å². The second-order valence-electron chi connectivity index (χ2n) is 2.87. The van der Waals surface area contributed by atoms with Crippen LogP contribution in [-0.2, 0) is 0 Å². The lowest BCUT2D eigenvalue weighted by atomic mass is 10.4. The van der Waals surface area contributed by atoms with E-state index >= 15 is 0 Å². The monoisotopic (exact) mass is 254 g/mol. The first-order chi connectivity index (χ1) is 7.20. The zero-order chi connectivity index (χ0) is 10.8. The molecule has 2 aromatic heterocycles. The average Bonchev–Trinajstić information content (AvgIpc) is 2.56. The van der Waals surface area contributed by atoms with E-state index in [4.69, 9.17) is 18.0 Å². The molecule has 0 unspecified atom stereocenters. The molecule has 2 heterocycles. The predicted molar refractivity (Wildman–Crippen MR) is 66.7 cm³/mol. The molecule has 0 aliphatic heterocycles. The van der Waals surface area contributed by atoms with Gasteiger partial charge in [0.15, 0.2) is 5.16 Å². The number of halogens is 1. The Labute approximate surface area is 101 Å². The highest BCUT2D eigenvalue weighted by Gasteiger charge is 2.08. The maximum absolute atomic E-state index is 6.05. The second kappa shape index (κ2) is 4.40. The summed E-state index contributed by atoms with van der Waals surface area (Å²) < 4.78 is 0. The van der Waals surface area contributed by atoms with Gasteiger partial charge in [0.1, 0.15) is 9.98 Å². The molecular formula is C10H7ClN2S2. The van der Waals surface area contributed by atoms with Gasteiger partial charge < -0.3 is 0 Å². The van der Waals surface area contributed by atoms with Crippen molar-refractivity contribution in [3.8, 4) is 12.3 Å². The lowest BCUT2D eigenvalue weighted by Gasteiger charge is -1.97. The number of thiophene rings is 1. The SMILES string of the molecule is C#CCSc1nc(Cl)c2cc(C)sc2n1. The van der Waals surface area contributed by atoms with Crippen LogP contribution in [0.4, 0.5) is 0 Å². The Kier molecular flexibility index (Phi) is 3.15. The smallest absolute Gasteiger partial charge is 0.191 e. The van der Waals surface area contributed by atoms with E-state index in [2.05, 4.69) is 15.9 Å². The lowest BCUT2D eigenvalue weighted by Crippen LogP contribution is -1.87. The summed E-state index contributed by atoms with van der Waals surface area (Å²) in [6.45, 7) is 2.02. The van der Waals surface area contributed by atoms with Crippen molar-refractivity contribution >= 4 is 44.9 Å². The lowest BCUT2D eigenvalue weighted by molar-refractivity contribution is 1.01. The Bertz CT molecular complexity index is 542. The van der Waals surface area contributed by atoms with Crippen molar-refractivity contribution < 1.29 is 0 Å². The highest BCUT2D eigenvalue weighted by molar-refractivity contribution is 7.99. The summed E-state index contributed by atoms with van der Waals surface area (Å²) in [5.74, 6) is 3.09. The summed E-state index contributed by atoms with van der Waals surface area (Å²) in [5, 5.41) is 2.07. The number of rotatable bonds is 2. The molecule has 2 aromatic rings. The molecule has 0 N–H and O–H groups in total. The van der Waals surface area contributed by atoms with Crippen LogP contribution in [0.1, 0.15) is 4.88 Å². The zero-order valence-electron chi connectivity index (χ0n) is 7.95. The van der Waals surface area contributed by atoms with Crippen molar-refractivity contribution in [3.05, 3.63) is 16.1 Å². The summed E-state index contributed by atoms with van der Waals surface area (Å²) in [5.41, 5.74) is 0. The van der Waals surface area contributed by atoms with Crippen LogP contribution in [0.15, 0.2) is 11.2 Å². The van der Waals surface area contributed by atoms with Crippen LogP contribution in [0.25, 0.3) is 10.2 Å². The van der Waals surface area contributed by atoms with Crippen molar-refractivity contribution in [2.75, 3.05) is 5.75 Å². The van der Waals surface area contributed by atoms with Gasteiger partial charge in [-0.3, -0.25) is 0 Å². The van der Waals surface area contributed by atoms with Crippen LogP contribution in [-0.4, -0.2) is 15.7 Å². The fourth-order valence-corrected chi connectivity index (χ4v) is 2.95. The number of hydrogen-bond donors (Lipinski definition) is 0. The van der Waals surface area contributed by atoms with E-state index in [1.54, 1.807) is 11.3 Å². The molecule has 2 nitrogen and oxygen atoms in total. The highest BCUT2D eigenvalue weighted by atomic mass is 35.5. The molecule has 0 saturated carbocycles. The van der Waals surface area contributed by atoms with Crippen molar-refractivity contribution in [2.45, 2.75) is 12.1 Å². The van der Waals surface area contributed by atoms with Crippen LogP contribution in [0.3, 0.4) is 0 Å². The Morgan fingerprint density at radius 1 is 1.60 bits per heavy atom. The molecule has 0 amide bonds. The molecule has 0 radical (unpaired) electrons. The van der Waals surface area contributed by atoms with Crippen LogP contribution in [0, 0.1) is 19.3 Å². The molecule has 76 valence electrons. The Morgan fingerprint density at radius 2 is 2.40 bits per heavy atom. The third kappa shape index (κ3) is 2.25. The van der Waals surface area contributed by atoms with Gasteiger partial charge in [0.25, 0.3) is 0 Å². The molecule has 0 aromatic carbocycles. The van der Waals surface area contributed by atoms with E-state index < -0.39 is 0 Å². The Morgan fingerprint density at radius 3 is 3.13 bits per heavy atom. The number of fused-ring (bicyclic) bond motifs is 1. The van der Waals surface area contributed by atoms with E-state index in [0.717, 1.165) is 10.2 Å². The van der Waals surface area contributed by atoms with Gasteiger partial charge in [-0.05, 0) is 13.0 Å². The summed E-state index contributed by atoms with van der Waals surface area (Å²) in [7, 11) is 0. The summed E-state index contributed by atoms with van der Waals surface area (Å²) in [6.07, 6.45) is 5.17.